The molecular weight excluding hydrogens is 606 g/mol. The van der Waals surface area contributed by atoms with E-state index in [4.69, 9.17) is 14.2 Å². The zero-order valence-electron chi connectivity index (χ0n) is 28.0. The van der Waals surface area contributed by atoms with Gasteiger partial charge in [0.25, 0.3) is 0 Å². The van der Waals surface area contributed by atoms with E-state index in [0.717, 1.165) is 60.4 Å². The van der Waals surface area contributed by atoms with Gasteiger partial charge >= 0.3 is 6.09 Å². The minimum absolute atomic E-state index is 0.0223. The van der Waals surface area contributed by atoms with Crippen molar-refractivity contribution in [2.24, 2.45) is 0 Å². The van der Waals surface area contributed by atoms with E-state index in [1.807, 2.05) is 18.2 Å². The Balaban J connectivity index is 1.10. The molecule has 9 nitrogen and oxygen atoms in total. The van der Waals surface area contributed by atoms with Gasteiger partial charge in [0.05, 0.1) is 25.4 Å². The predicted octanol–water partition coefficient (Wildman–Crippen LogP) is 7.71. The summed E-state index contributed by atoms with van der Waals surface area (Å²) in [6.07, 6.45) is 6.04. The smallest absolute Gasteiger partial charge is 0.407 e. The summed E-state index contributed by atoms with van der Waals surface area (Å²) in [4.78, 5) is 25.6. The molecule has 9 heteroatoms. The van der Waals surface area contributed by atoms with Crippen LogP contribution in [0, 0.1) is 6.92 Å². The lowest BCUT2D eigenvalue weighted by Gasteiger charge is -2.39. The molecule has 2 aliphatic rings. The number of unbranched alkanes of at least 4 members (excludes halogenated alkanes) is 1. The largest absolute Gasteiger partial charge is 0.494 e. The van der Waals surface area contributed by atoms with Gasteiger partial charge in [-0.3, -0.25) is 4.79 Å². The fraction of sp³-hybridized carbons (Fsp3) is 0.436. The van der Waals surface area contributed by atoms with Crippen molar-refractivity contribution in [3.05, 3.63) is 95.2 Å². The lowest BCUT2D eigenvalue weighted by molar-refractivity contribution is -0.116. The molecule has 0 radical (unpaired) electrons. The number of likely N-dealkylation sites (tertiary alicyclic amines) is 1. The van der Waals surface area contributed by atoms with E-state index in [-0.39, 0.29) is 30.6 Å². The Morgan fingerprint density at radius 3 is 2.67 bits per heavy atom. The van der Waals surface area contributed by atoms with E-state index in [1.165, 1.54) is 21.4 Å². The molecule has 2 aliphatic heterocycles. The first-order valence-corrected chi connectivity index (χ1v) is 17.2. The minimum Gasteiger partial charge on any atom is -0.494 e. The summed E-state index contributed by atoms with van der Waals surface area (Å²) in [5, 5.41) is 14.2. The maximum Gasteiger partial charge on any atom is 0.407 e. The van der Waals surface area contributed by atoms with Crippen LogP contribution in [0.4, 0.5) is 10.5 Å². The molecule has 0 bridgehead atoms. The second-order valence-electron chi connectivity index (χ2n) is 13.0. The van der Waals surface area contributed by atoms with Gasteiger partial charge in [0.15, 0.2) is 0 Å². The van der Waals surface area contributed by atoms with E-state index < -0.39 is 6.09 Å². The third-order valence-electron chi connectivity index (χ3n) is 9.74. The van der Waals surface area contributed by atoms with Crippen LogP contribution in [0.1, 0.15) is 72.8 Å². The number of carbonyl (C=O) groups is 2. The van der Waals surface area contributed by atoms with Gasteiger partial charge in [-0.15, -0.1) is 0 Å². The third-order valence-corrected chi connectivity index (χ3v) is 9.74. The van der Waals surface area contributed by atoms with Gasteiger partial charge in [-0.2, -0.15) is 0 Å². The SMILES string of the molecule is COCCCC(OC1CN(C(=O)O)CCC1c1ccc(OCCCCn2cc(C)c3ccccc32)cc1)c1ccc2c(c1)NC(=O)CC2. The average Bonchev–Trinajstić information content (AvgIpc) is 3.42. The molecule has 3 unspecified atom stereocenters. The number of ether oxygens (including phenoxy) is 3. The number of para-hydroxylation sites is 1. The van der Waals surface area contributed by atoms with Crippen molar-refractivity contribution in [2.75, 3.05) is 38.7 Å². The van der Waals surface area contributed by atoms with Crippen molar-refractivity contribution < 1.29 is 28.9 Å². The molecular formula is C39H47N3O6. The quantitative estimate of drug-likeness (QED) is 0.135. The van der Waals surface area contributed by atoms with Crippen molar-refractivity contribution in [1.82, 2.24) is 9.47 Å². The number of hydrogen-bond donors (Lipinski definition) is 2. The molecule has 0 aliphatic carbocycles. The second kappa shape index (κ2) is 15.7. The summed E-state index contributed by atoms with van der Waals surface area (Å²) < 4.78 is 20.7. The first kappa shape index (κ1) is 33.6. The number of amides is 2. The van der Waals surface area contributed by atoms with Crippen LogP contribution < -0.4 is 10.1 Å². The Kier molecular flexibility index (Phi) is 11.0. The number of hydrogen-bond acceptors (Lipinski definition) is 5. The first-order valence-electron chi connectivity index (χ1n) is 17.2. The fourth-order valence-corrected chi connectivity index (χ4v) is 7.14. The number of carbonyl (C=O) groups excluding carboxylic acids is 1. The maximum atomic E-state index is 12.1. The highest BCUT2D eigenvalue weighted by molar-refractivity contribution is 5.94. The van der Waals surface area contributed by atoms with E-state index in [9.17, 15) is 14.7 Å². The number of rotatable bonds is 14. The molecule has 1 saturated heterocycles. The van der Waals surface area contributed by atoms with Crippen LogP contribution in [0.2, 0.25) is 0 Å². The highest BCUT2D eigenvalue weighted by atomic mass is 16.5. The van der Waals surface area contributed by atoms with Gasteiger partial charge in [-0.1, -0.05) is 42.5 Å². The number of benzene rings is 3. The Morgan fingerprint density at radius 1 is 1.02 bits per heavy atom. The van der Waals surface area contributed by atoms with E-state index >= 15 is 0 Å². The highest BCUT2D eigenvalue weighted by Gasteiger charge is 2.35. The summed E-state index contributed by atoms with van der Waals surface area (Å²) in [6.45, 7) is 5.10. The number of fused-ring (bicyclic) bond motifs is 2. The fourth-order valence-electron chi connectivity index (χ4n) is 7.14. The van der Waals surface area contributed by atoms with Crippen molar-refractivity contribution in [2.45, 2.75) is 76.5 Å². The third kappa shape index (κ3) is 8.02. The van der Waals surface area contributed by atoms with Crippen molar-refractivity contribution in [1.29, 1.82) is 0 Å². The highest BCUT2D eigenvalue weighted by Crippen LogP contribution is 2.37. The summed E-state index contributed by atoms with van der Waals surface area (Å²) in [7, 11) is 1.69. The molecule has 0 saturated carbocycles. The van der Waals surface area contributed by atoms with Crippen LogP contribution in [-0.2, 0) is 27.2 Å². The monoisotopic (exact) mass is 653 g/mol. The maximum absolute atomic E-state index is 12.1. The van der Waals surface area contributed by atoms with Gasteiger partial charge in [0.2, 0.25) is 5.91 Å². The van der Waals surface area contributed by atoms with Gasteiger partial charge < -0.3 is 34.1 Å². The molecule has 4 aromatic rings. The molecule has 1 aromatic heterocycles. The topological polar surface area (TPSA) is 102 Å². The van der Waals surface area contributed by atoms with Crippen LogP contribution in [0.15, 0.2) is 72.9 Å². The number of aryl methyl sites for hydroxylation is 3. The molecule has 1 fully saturated rings. The summed E-state index contributed by atoms with van der Waals surface area (Å²) in [5.41, 5.74) is 6.62. The summed E-state index contributed by atoms with van der Waals surface area (Å²) in [6, 6.07) is 22.9. The molecule has 3 aromatic carbocycles. The molecule has 254 valence electrons. The Labute approximate surface area is 282 Å². The normalized spacial score (nSPS) is 18.4. The molecule has 3 heterocycles. The number of nitrogens with one attached hydrogen (secondary N) is 1. The lowest BCUT2D eigenvalue weighted by atomic mass is 9.86. The van der Waals surface area contributed by atoms with Crippen molar-refractivity contribution in [3.8, 4) is 5.75 Å². The van der Waals surface area contributed by atoms with Crippen LogP contribution in [-0.4, -0.2) is 66.1 Å². The molecule has 48 heavy (non-hydrogen) atoms. The van der Waals surface area contributed by atoms with Crippen LogP contribution >= 0.6 is 0 Å². The second-order valence-corrected chi connectivity index (χ2v) is 13.0. The number of piperidine rings is 1. The molecule has 2 N–H and O–H groups in total. The lowest BCUT2D eigenvalue weighted by Crippen LogP contribution is -2.46. The zero-order valence-corrected chi connectivity index (χ0v) is 28.0. The molecule has 6 rings (SSSR count). The Bertz CT molecular complexity index is 1700. The van der Waals surface area contributed by atoms with Crippen LogP contribution in [0.3, 0.4) is 0 Å². The van der Waals surface area contributed by atoms with Gasteiger partial charge in [0, 0.05) is 61.9 Å². The zero-order chi connectivity index (χ0) is 33.5. The summed E-state index contributed by atoms with van der Waals surface area (Å²) >= 11 is 0. The van der Waals surface area contributed by atoms with Gasteiger partial charge in [-0.05, 0) is 92.0 Å². The van der Waals surface area contributed by atoms with Crippen molar-refractivity contribution >= 4 is 28.6 Å². The van der Waals surface area contributed by atoms with E-state index in [0.29, 0.717) is 39.0 Å². The van der Waals surface area contributed by atoms with Crippen LogP contribution in [0.5, 0.6) is 5.75 Å². The number of anilines is 1. The Morgan fingerprint density at radius 2 is 1.85 bits per heavy atom. The minimum atomic E-state index is -0.932. The van der Waals surface area contributed by atoms with Crippen molar-refractivity contribution in [3.63, 3.8) is 0 Å². The number of nitrogens with zero attached hydrogens (tertiary/aromatic N) is 2. The van der Waals surface area contributed by atoms with Gasteiger partial charge in [0.1, 0.15) is 5.75 Å². The Hall–Kier alpha value is -4.34. The summed E-state index contributed by atoms with van der Waals surface area (Å²) in [5.74, 6) is 0.876. The van der Waals surface area contributed by atoms with E-state index in [2.05, 4.69) is 71.5 Å². The molecule has 0 spiro atoms. The van der Waals surface area contributed by atoms with Gasteiger partial charge in [-0.25, -0.2) is 4.79 Å². The molecule has 3 atom stereocenters. The number of aromatic nitrogens is 1. The van der Waals surface area contributed by atoms with Crippen LogP contribution in [0.25, 0.3) is 10.9 Å². The predicted molar refractivity (Wildman–Crippen MR) is 187 cm³/mol. The molecule has 2 amide bonds. The van der Waals surface area contributed by atoms with E-state index in [1.54, 1.807) is 7.11 Å². The number of methoxy groups -OCH3 is 1. The number of carboxylic acid groups (broad SMARTS) is 1. The standard InChI is InChI=1S/C39H47N3O6/c1-27-25-41(35-9-4-3-8-32(27)35)20-5-6-23-47-31-16-13-28(14-17-31)33-19-21-42(39(44)45)26-37(33)48-36(10-7-22-46-2)30-12-11-29-15-18-38(43)40-34(29)24-30/h3-4,8-9,11-14,16-17,24-25,33,36-37H,5-7,10,15,18-23,26H2,1-2H3,(H,40,43)(H,44,45). The first-order chi connectivity index (χ1) is 23.4. The average molecular weight is 654 g/mol.